The van der Waals surface area contributed by atoms with E-state index in [9.17, 15) is 0 Å². The maximum Gasteiger partial charge on any atom is 0.0640 e. The molecule has 0 aliphatic heterocycles. The van der Waals surface area contributed by atoms with Crippen LogP contribution >= 0.6 is 11.3 Å². The number of anilines is 3. The van der Waals surface area contributed by atoms with Crippen LogP contribution in [0.4, 0.5) is 17.1 Å². The van der Waals surface area contributed by atoms with Crippen LogP contribution in [0.15, 0.2) is 127 Å². The predicted octanol–water partition coefficient (Wildman–Crippen LogP) is 12.1. The Bertz CT molecular complexity index is 2200. The van der Waals surface area contributed by atoms with E-state index in [1.54, 1.807) is 0 Å². The van der Waals surface area contributed by atoms with Crippen LogP contribution in [0.1, 0.15) is 49.9 Å². The average molecular weight is 584 g/mol. The molecule has 0 bridgehead atoms. The molecule has 1 heterocycles. The van der Waals surface area contributed by atoms with Gasteiger partial charge in [-0.2, -0.15) is 0 Å². The van der Waals surface area contributed by atoms with Gasteiger partial charge in [0.15, 0.2) is 0 Å². The highest BCUT2D eigenvalue weighted by atomic mass is 32.1. The molecule has 9 rings (SSSR count). The van der Waals surface area contributed by atoms with Gasteiger partial charge in [-0.1, -0.05) is 125 Å². The van der Waals surface area contributed by atoms with Crippen LogP contribution in [0.25, 0.3) is 42.4 Å². The highest BCUT2D eigenvalue weighted by Crippen LogP contribution is 2.63. The van der Waals surface area contributed by atoms with E-state index >= 15 is 0 Å². The lowest BCUT2D eigenvalue weighted by Crippen LogP contribution is -2.26. The van der Waals surface area contributed by atoms with Crippen molar-refractivity contribution < 1.29 is 0 Å². The topological polar surface area (TPSA) is 3.24 Å². The Morgan fingerprint density at radius 3 is 1.70 bits per heavy atom. The third-order valence-electron chi connectivity index (χ3n) is 10.2. The van der Waals surface area contributed by atoms with Crippen molar-refractivity contribution in [3.05, 3.63) is 150 Å². The van der Waals surface area contributed by atoms with Gasteiger partial charge in [0.1, 0.15) is 0 Å². The minimum Gasteiger partial charge on any atom is -0.308 e. The Hall–Kier alpha value is -4.66. The summed E-state index contributed by atoms with van der Waals surface area (Å²) in [5.41, 5.74) is 14.5. The summed E-state index contributed by atoms with van der Waals surface area (Å²) in [4.78, 5) is 2.61. The minimum absolute atomic E-state index is 0.178. The summed E-state index contributed by atoms with van der Waals surface area (Å²) in [6.07, 6.45) is 0. The van der Waals surface area contributed by atoms with Gasteiger partial charge in [0.25, 0.3) is 0 Å². The van der Waals surface area contributed by atoms with Gasteiger partial charge in [-0.25, -0.2) is 0 Å². The van der Waals surface area contributed by atoms with E-state index in [4.69, 9.17) is 0 Å². The van der Waals surface area contributed by atoms with Gasteiger partial charge < -0.3 is 4.90 Å². The summed E-state index contributed by atoms with van der Waals surface area (Å²) in [5, 5.41) is 2.64. The van der Waals surface area contributed by atoms with Crippen molar-refractivity contribution in [3.63, 3.8) is 0 Å². The number of benzene rings is 6. The standard InChI is InChI=1S/C42H33NS/c1-41(2)33-21-11-8-17-27(33)31-25-32-28-18-9-12-22-34(28)42(3,4)38(32)39(37(31)41)43(26-15-6-5-7-16-26)35-23-14-20-30-29-19-10-13-24-36(29)44-40(30)35/h5-25H,1-4H3. The Balaban J connectivity index is 1.48. The first kappa shape index (κ1) is 25.8. The molecule has 7 aromatic rings. The van der Waals surface area contributed by atoms with Crippen LogP contribution in [-0.2, 0) is 10.8 Å². The lowest BCUT2D eigenvalue weighted by Gasteiger charge is -2.37. The molecule has 44 heavy (non-hydrogen) atoms. The molecule has 2 aliphatic carbocycles. The first-order valence-electron chi connectivity index (χ1n) is 15.5. The fourth-order valence-electron chi connectivity index (χ4n) is 8.25. The smallest absolute Gasteiger partial charge is 0.0640 e. The Kier molecular flexibility index (Phi) is 5.24. The Morgan fingerprint density at radius 2 is 1.05 bits per heavy atom. The van der Waals surface area contributed by atoms with Gasteiger partial charge in [-0.3, -0.25) is 0 Å². The Labute approximate surface area is 263 Å². The molecule has 0 saturated heterocycles. The summed E-state index contributed by atoms with van der Waals surface area (Å²) in [5.74, 6) is 0. The van der Waals surface area contributed by atoms with Gasteiger partial charge in [0.2, 0.25) is 0 Å². The fourth-order valence-corrected chi connectivity index (χ4v) is 9.46. The van der Waals surface area contributed by atoms with Gasteiger partial charge in [-0.15, -0.1) is 11.3 Å². The molecule has 0 atom stereocenters. The van der Waals surface area contributed by atoms with E-state index in [2.05, 4.69) is 160 Å². The van der Waals surface area contributed by atoms with Crippen LogP contribution in [-0.4, -0.2) is 0 Å². The maximum absolute atomic E-state index is 2.61. The molecule has 2 heteroatoms. The van der Waals surface area contributed by atoms with Crippen LogP contribution < -0.4 is 4.90 Å². The van der Waals surface area contributed by atoms with Gasteiger partial charge >= 0.3 is 0 Å². The second-order valence-corrected chi connectivity index (χ2v) is 14.4. The number of thiophene rings is 1. The molecular formula is C42H33NS. The van der Waals surface area contributed by atoms with E-state index in [0.717, 1.165) is 0 Å². The Morgan fingerprint density at radius 1 is 0.500 bits per heavy atom. The zero-order valence-corrected chi connectivity index (χ0v) is 26.3. The van der Waals surface area contributed by atoms with Crippen molar-refractivity contribution in [2.45, 2.75) is 38.5 Å². The molecule has 6 aromatic carbocycles. The van der Waals surface area contributed by atoms with Crippen molar-refractivity contribution in [3.8, 4) is 22.3 Å². The number of hydrogen-bond acceptors (Lipinski definition) is 2. The molecule has 0 unspecified atom stereocenters. The van der Waals surface area contributed by atoms with E-state index in [1.165, 1.54) is 81.7 Å². The molecule has 2 aliphatic rings. The van der Waals surface area contributed by atoms with Crippen LogP contribution in [0.3, 0.4) is 0 Å². The molecule has 212 valence electrons. The molecule has 0 spiro atoms. The zero-order valence-electron chi connectivity index (χ0n) is 25.5. The van der Waals surface area contributed by atoms with Crippen molar-refractivity contribution in [2.24, 2.45) is 0 Å². The molecule has 0 N–H and O–H groups in total. The number of fused-ring (bicyclic) bond motifs is 9. The van der Waals surface area contributed by atoms with Crippen LogP contribution in [0, 0.1) is 0 Å². The monoisotopic (exact) mass is 583 g/mol. The zero-order chi connectivity index (χ0) is 29.8. The van der Waals surface area contributed by atoms with Crippen molar-refractivity contribution in [2.75, 3.05) is 4.90 Å². The first-order valence-corrected chi connectivity index (χ1v) is 16.4. The van der Waals surface area contributed by atoms with Crippen molar-refractivity contribution in [1.29, 1.82) is 0 Å². The summed E-state index contributed by atoms with van der Waals surface area (Å²) in [6, 6.07) is 47.4. The van der Waals surface area contributed by atoms with Crippen molar-refractivity contribution in [1.82, 2.24) is 0 Å². The number of rotatable bonds is 3. The summed E-state index contributed by atoms with van der Waals surface area (Å²) >= 11 is 1.91. The normalized spacial score (nSPS) is 15.2. The molecule has 1 nitrogen and oxygen atoms in total. The molecule has 0 fully saturated rings. The SMILES string of the molecule is CC1(C)c2ccccc2-c2cc3c(c(N(c4ccccc4)c4cccc5c4sc4ccccc45)c21)C(C)(C)c1ccccc1-3. The maximum atomic E-state index is 2.61. The van der Waals surface area contributed by atoms with Crippen LogP contribution in [0.2, 0.25) is 0 Å². The van der Waals surface area contributed by atoms with E-state index in [-0.39, 0.29) is 10.8 Å². The molecule has 1 aromatic heterocycles. The largest absolute Gasteiger partial charge is 0.308 e. The highest BCUT2D eigenvalue weighted by Gasteiger charge is 2.46. The third kappa shape index (κ3) is 3.29. The minimum atomic E-state index is -0.178. The fraction of sp³-hybridized carbons (Fsp3) is 0.143. The predicted molar refractivity (Wildman–Crippen MR) is 189 cm³/mol. The summed E-state index contributed by atoms with van der Waals surface area (Å²) in [7, 11) is 0. The molecule has 0 saturated carbocycles. The first-order chi connectivity index (χ1) is 21.4. The van der Waals surface area contributed by atoms with Gasteiger partial charge in [-0.05, 0) is 74.8 Å². The second kappa shape index (κ2) is 8.94. The van der Waals surface area contributed by atoms with E-state index in [0.29, 0.717) is 0 Å². The molecule has 0 radical (unpaired) electrons. The quantitative estimate of drug-likeness (QED) is 0.200. The lowest BCUT2D eigenvalue weighted by atomic mass is 9.75. The molecular weight excluding hydrogens is 551 g/mol. The highest BCUT2D eigenvalue weighted by molar-refractivity contribution is 7.26. The number of nitrogens with zero attached hydrogens (tertiary/aromatic N) is 1. The summed E-state index contributed by atoms with van der Waals surface area (Å²) in [6.45, 7) is 9.69. The molecule has 0 amide bonds. The summed E-state index contributed by atoms with van der Waals surface area (Å²) < 4.78 is 2.65. The van der Waals surface area contributed by atoms with Crippen molar-refractivity contribution >= 4 is 48.6 Å². The second-order valence-electron chi connectivity index (χ2n) is 13.3. The average Bonchev–Trinajstić information content (AvgIpc) is 3.62. The van der Waals surface area contributed by atoms with Gasteiger partial charge in [0.05, 0.1) is 16.1 Å². The number of hydrogen-bond donors (Lipinski definition) is 0. The lowest BCUT2D eigenvalue weighted by molar-refractivity contribution is 0.640. The van der Waals surface area contributed by atoms with E-state index < -0.39 is 0 Å². The van der Waals surface area contributed by atoms with E-state index in [1.807, 2.05) is 11.3 Å². The van der Waals surface area contributed by atoms with Crippen LogP contribution in [0.5, 0.6) is 0 Å². The van der Waals surface area contributed by atoms with Gasteiger partial charge in [0, 0.05) is 32.0 Å². The third-order valence-corrected chi connectivity index (χ3v) is 11.4. The number of para-hydroxylation sites is 1.